The van der Waals surface area contributed by atoms with E-state index < -0.39 is 42.1 Å². The first-order valence-electron chi connectivity index (χ1n) is 13.3. The number of likely N-dealkylation sites (tertiary alicyclic amines) is 2. The second-order valence-corrected chi connectivity index (χ2v) is 10.7. The van der Waals surface area contributed by atoms with Crippen molar-refractivity contribution in [3.8, 4) is 0 Å². The standard InChI is InChI=1S/C24H37N5O9/c1-14-10-16(30)28(21(14)34)6-8-36-9-7-29-17(31)11-15(22(29)35)26-12-24-13-37-23(38-24)18(19(32)20(24)33)27-4-2-25-3-5-27/h14-15,18-20,23,25-26,32-33H,2-13H2,1H3/t14?,15?,18-,19-,20-,23+,24+/m1/s1. The summed E-state index contributed by atoms with van der Waals surface area (Å²) in [5.41, 5.74) is -1.23. The molecule has 212 valence electrons. The summed E-state index contributed by atoms with van der Waals surface area (Å²) < 4.78 is 17.4. The van der Waals surface area contributed by atoms with Gasteiger partial charge in [-0.15, -0.1) is 0 Å². The normalized spacial score (nSPS) is 38.2. The number of rotatable bonds is 10. The topological polar surface area (TPSA) is 170 Å². The Labute approximate surface area is 220 Å². The Kier molecular flexibility index (Phi) is 8.12. The Morgan fingerprint density at radius 1 is 1.03 bits per heavy atom. The zero-order valence-electron chi connectivity index (χ0n) is 21.5. The van der Waals surface area contributed by atoms with E-state index in [9.17, 15) is 29.4 Å². The van der Waals surface area contributed by atoms with Crippen molar-refractivity contribution in [2.75, 3.05) is 65.6 Å². The first kappa shape index (κ1) is 27.5. The molecule has 0 aromatic rings. The number of ether oxygens (including phenoxy) is 3. The average Bonchev–Trinajstić information content (AvgIpc) is 3.50. The molecule has 0 aromatic carbocycles. The van der Waals surface area contributed by atoms with E-state index in [1.165, 1.54) is 4.90 Å². The van der Waals surface area contributed by atoms with Crippen LogP contribution >= 0.6 is 0 Å². The lowest BCUT2D eigenvalue weighted by molar-refractivity contribution is -0.243. The van der Waals surface area contributed by atoms with Crippen LogP contribution in [0.2, 0.25) is 0 Å². The average molecular weight is 540 g/mol. The van der Waals surface area contributed by atoms with Gasteiger partial charge in [0.1, 0.15) is 17.8 Å². The van der Waals surface area contributed by atoms with Gasteiger partial charge in [-0.25, -0.2) is 0 Å². The number of imide groups is 2. The SMILES string of the molecule is CC1CC(=O)N(CCOCCN2C(=O)CC(NC[C@@]34CO[C@@H](O3)[C@H](N3CCNCC3)[C@@H](O)[C@H]4O)C2=O)C1=O. The third-order valence-corrected chi connectivity index (χ3v) is 8.19. The number of nitrogens with zero attached hydrogens (tertiary/aromatic N) is 3. The monoisotopic (exact) mass is 539 g/mol. The molecule has 5 aliphatic rings. The fourth-order valence-electron chi connectivity index (χ4n) is 5.94. The number of aliphatic hydroxyl groups excluding tert-OH is 2. The van der Waals surface area contributed by atoms with Gasteiger partial charge in [0.05, 0.1) is 51.4 Å². The van der Waals surface area contributed by atoms with E-state index in [4.69, 9.17) is 14.2 Å². The van der Waals surface area contributed by atoms with Gasteiger partial charge in [0.15, 0.2) is 6.29 Å². The van der Waals surface area contributed by atoms with Crippen LogP contribution in [-0.2, 0) is 33.4 Å². The van der Waals surface area contributed by atoms with E-state index in [-0.39, 0.29) is 75.9 Å². The molecule has 5 heterocycles. The van der Waals surface area contributed by atoms with E-state index in [1.54, 1.807) is 6.92 Å². The molecular weight excluding hydrogens is 502 g/mol. The van der Waals surface area contributed by atoms with E-state index >= 15 is 0 Å². The summed E-state index contributed by atoms with van der Waals surface area (Å²) >= 11 is 0. The molecule has 0 aliphatic carbocycles. The highest BCUT2D eigenvalue weighted by molar-refractivity contribution is 6.05. The lowest BCUT2D eigenvalue weighted by Gasteiger charge is -2.47. The van der Waals surface area contributed by atoms with Crippen LogP contribution in [0.15, 0.2) is 0 Å². The van der Waals surface area contributed by atoms with Gasteiger partial charge in [-0.1, -0.05) is 6.92 Å². The van der Waals surface area contributed by atoms with Gasteiger partial charge >= 0.3 is 0 Å². The molecule has 5 fully saturated rings. The van der Waals surface area contributed by atoms with Crippen molar-refractivity contribution in [3.05, 3.63) is 0 Å². The molecule has 0 saturated carbocycles. The van der Waals surface area contributed by atoms with Crippen molar-refractivity contribution in [2.45, 2.75) is 55.9 Å². The van der Waals surface area contributed by atoms with Crippen LogP contribution in [-0.4, -0.2) is 150 Å². The summed E-state index contributed by atoms with van der Waals surface area (Å²) in [4.78, 5) is 53.5. The Bertz CT molecular complexity index is 946. The fourth-order valence-corrected chi connectivity index (χ4v) is 5.94. The zero-order valence-corrected chi connectivity index (χ0v) is 21.5. The number of aliphatic hydroxyl groups is 2. The molecule has 4 N–H and O–H groups in total. The summed E-state index contributed by atoms with van der Waals surface area (Å²) in [6.07, 6.45) is -2.86. The number of piperazine rings is 1. The van der Waals surface area contributed by atoms with E-state index in [0.717, 1.165) is 18.0 Å². The van der Waals surface area contributed by atoms with Crippen molar-refractivity contribution in [1.82, 2.24) is 25.3 Å². The van der Waals surface area contributed by atoms with Crippen LogP contribution in [0.5, 0.6) is 0 Å². The minimum absolute atomic E-state index is 0.0281. The van der Waals surface area contributed by atoms with Gasteiger partial charge in [0, 0.05) is 45.1 Å². The fraction of sp³-hybridized carbons (Fsp3) is 0.833. The van der Waals surface area contributed by atoms with Crippen molar-refractivity contribution in [2.24, 2.45) is 5.92 Å². The zero-order chi connectivity index (χ0) is 27.0. The van der Waals surface area contributed by atoms with Gasteiger partial charge in [0.2, 0.25) is 23.6 Å². The first-order valence-corrected chi connectivity index (χ1v) is 13.3. The van der Waals surface area contributed by atoms with Gasteiger partial charge < -0.3 is 35.1 Å². The Hall–Kier alpha value is -2.04. The van der Waals surface area contributed by atoms with Gasteiger partial charge in [-0.05, 0) is 0 Å². The number of nitrogens with one attached hydrogen (secondary N) is 2. The van der Waals surface area contributed by atoms with E-state index in [1.807, 2.05) is 0 Å². The summed E-state index contributed by atoms with van der Waals surface area (Å²) in [5, 5.41) is 28.2. The minimum Gasteiger partial charge on any atom is -0.388 e. The van der Waals surface area contributed by atoms with Crippen LogP contribution in [0.3, 0.4) is 0 Å². The molecule has 7 atom stereocenters. The molecule has 5 aliphatic heterocycles. The molecule has 0 aromatic heterocycles. The molecule has 0 radical (unpaired) electrons. The highest BCUT2D eigenvalue weighted by atomic mass is 16.7. The van der Waals surface area contributed by atoms with Gasteiger partial charge in [-0.3, -0.25) is 33.9 Å². The Morgan fingerprint density at radius 2 is 1.68 bits per heavy atom. The summed E-state index contributed by atoms with van der Waals surface area (Å²) in [6, 6.07) is -1.28. The highest BCUT2D eigenvalue weighted by Crippen LogP contribution is 2.39. The predicted molar refractivity (Wildman–Crippen MR) is 128 cm³/mol. The molecule has 2 unspecified atom stereocenters. The number of hydrogen-bond donors (Lipinski definition) is 4. The number of carbonyl (C=O) groups is 4. The number of amides is 4. The van der Waals surface area contributed by atoms with Crippen molar-refractivity contribution in [3.63, 3.8) is 0 Å². The maximum absolute atomic E-state index is 12.9. The molecule has 5 saturated heterocycles. The predicted octanol–water partition coefficient (Wildman–Crippen LogP) is -3.76. The van der Waals surface area contributed by atoms with Crippen molar-refractivity contribution >= 4 is 23.6 Å². The number of hydrogen-bond acceptors (Lipinski definition) is 12. The van der Waals surface area contributed by atoms with Crippen molar-refractivity contribution in [1.29, 1.82) is 0 Å². The minimum atomic E-state index is -1.23. The summed E-state index contributed by atoms with van der Waals surface area (Å²) in [5.74, 6) is -1.51. The maximum Gasteiger partial charge on any atom is 0.246 e. The second-order valence-electron chi connectivity index (χ2n) is 10.7. The molecular formula is C24H37N5O9. The number of fused-ring (bicyclic) bond motifs is 2. The summed E-state index contributed by atoms with van der Waals surface area (Å²) in [6.45, 7) is 5.14. The quantitative estimate of drug-likeness (QED) is 0.158. The third-order valence-electron chi connectivity index (χ3n) is 8.19. The highest BCUT2D eigenvalue weighted by Gasteiger charge is 2.60. The number of carbonyl (C=O) groups excluding carboxylic acids is 4. The molecule has 0 spiro atoms. The molecule has 14 nitrogen and oxygen atoms in total. The van der Waals surface area contributed by atoms with Crippen LogP contribution in [0.4, 0.5) is 0 Å². The summed E-state index contributed by atoms with van der Waals surface area (Å²) in [7, 11) is 0. The third kappa shape index (κ3) is 5.11. The van der Waals surface area contributed by atoms with Gasteiger partial charge in [0.25, 0.3) is 0 Å². The van der Waals surface area contributed by atoms with E-state index in [2.05, 4.69) is 15.5 Å². The van der Waals surface area contributed by atoms with Crippen LogP contribution in [0.1, 0.15) is 19.8 Å². The van der Waals surface area contributed by atoms with Gasteiger partial charge in [-0.2, -0.15) is 0 Å². The van der Waals surface area contributed by atoms with Crippen molar-refractivity contribution < 1.29 is 43.6 Å². The first-order chi connectivity index (χ1) is 18.2. The van der Waals surface area contributed by atoms with Crippen LogP contribution in [0, 0.1) is 5.92 Å². The van der Waals surface area contributed by atoms with Crippen LogP contribution in [0.25, 0.3) is 0 Å². The largest absolute Gasteiger partial charge is 0.388 e. The smallest absolute Gasteiger partial charge is 0.246 e. The Balaban J connectivity index is 1.08. The second kappa shape index (κ2) is 11.2. The molecule has 2 bridgehead atoms. The molecule has 5 rings (SSSR count). The Morgan fingerprint density at radius 3 is 2.34 bits per heavy atom. The maximum atomic E-state index is 12.9. The van der Waals surface area contributed by atoms with Crippen LogP contribution < -0.4 is 10.6 Å². The lowest BCUT2D eigenvalue weighted by Crippen LogP contribution is -2.69. The molecule has 4 amide bonds. The molecule has 38 heavy (non-hydrogen) atoms. The lowest BCUT2D eigenvalue weighted by atomic mass is 9.86. The molecule has 14 heteroatoms. The van der Waals surface area contributed by atoms with E-state index in [0.29, 0.717) is 13.1 Å².